The van der Waals surface area contributed by atoms with Gasteiger partial charge in [0.05, 0.1) is 4.88 Å². The molecule has 0 unspecified atom stereocenters. The lowest BCUT2D eigenvalue weighted by atomic mass is 10.1. The lowest BCUT2D eigenvalue weighted by Gasteiger charge is -2.05. The van der Waals surface area contributed by atoms with Crippen LogP contribution >= 0.6 is 22.9 Å². The maximum atomic E-state index is 13.7. The van der Waals surface area contributed by atoms with Gasteiger partial charge in [0, 0.05) is 28.7 Å². The third-order valence-corrected chi connectivity index (χ3v) is 5.74. The van der Waals surface area contributed by atoms with Crippen molar-refractivity contribution in [3.05, 3.63) is 69.8 Å². The van der Waals surface area contributed by atoms with Crippen LogP contribution in [0, 0.1) is 12.7 Å². The highest BCUT2D eigenvalue weighted by Gasteiger charge is 2.18. The number of nitrogens with one attached hydrogen (secondary N) is 1. The van der Waals surface area contributed by atoms with Crippen molar-refractivity contribution < 1.29 is 9.18 Å². The highest BCUT2D eigenvalue weighted by atomic mass is 35.5. The molecule has 7 heteroatoms. The molecule has 1 N–H and O–H groups in total. The Hall–Kier alpha value is -2.70. The predicted octanol–water partition coefficient (Wildman–Crippen LogP) is 5.66. The molecule has 4 nitrogen and oxygen atoms in total. The van der Waals surface area contributed by atoms with E-state index in [1.165, 1.54) is 17.4 Å². The summed E-state index contributed by atoms with van der Waals surface area (Å²) in [5.41, 5.74) is 2.68. The first-order chi connectivity index (χ1) is 12.9. The Kier molecular flexibility index (Phi) is 4.45. The quantitative estimate of drug-likeness (QED) is 0.483. The molecule has 4 rings (SSSR count). The monoisotopic (exact) mass is 399 g/mol. The molecule has 1 amide bonds. The third kappa shape index (κ3) is 3.34. The lowest BCUT2D eigenvalue weighted by Crippen LogP contribution is -2.10. The normalized spacial score (nSPS) is 11.1. The number of rotatable bonds is 3. The van der Waals surface area contributed by atoms with E-state index in [0.29, 0.717) is 21.2 Å². The summed E-state index contributed by atoms with van der Waals surface area (Å²) in [6, 6.07) is 13.9. The van der Waals surface area contributed by atoms with E-state index in [2.05, 4.69) is 10.4 Å². The van der Waals surface area contributed by atoms with Gasteiger partial charge in [-0.15, -0.1) is 11.3 Å². The molecule has 2 heterocycles. The molecule has 0 spiro atoms. The van der Waals surface area contributed by atoms with E-state index in [0.717, 1.165) is 21.5 Å². The van der Waals surface area contributed by atoms with Gasteiger partial charge in [0.2, 0.25) is 0 Å². The number of nitrogens with zero attached hydrogens (tertiary/aromatic N) is 2. The van der Waals surface area contributed by atoms with Gasteiger partial charge in [-0.05, 0) is 42.8 Å². The van der Waals surface area contributed by atoms with Crippen LogP contribution in [0.5, 0.6) is 0 Å². The summed E-state index contributed by atoms with van der Waals surface area (Å²) in [7, 11) is 1.84. The number of carbonyl (C=O) groups excluding carboxylic acids is 1. The van der Waals surface area contributed by atoms with Gasteiger partial charge in [0.15, 0.2) is 0 Å². The number of anilines is 1. The van der Waals surface area contributed by atoms with Gasteiger partial charge < -0.3 is 5.32 Å². The smallest absolute Gasteiger partial charge is 0.265 e. The van der Waals surface area contributed by atoms with Crippen LogP contribution in [0.3, 0.4) is 0 Å². The maximum absolute atomic E-state index is 13.7. The van der Waals surface area contributed by atoms with Crippen LogP contribution in [0.25, 0.3) is 21.5 Å². The van der Waals surface area contributed by atoms with Crippen molar-refractivity contribution in [3.8, 4) is 11.3 Å². The van der Waals surface area contributed by atoms with E-state index in [1.807, 2.05) is 37.4 Å². The minimum Gasteiger partial charge on any atom is -0.321 e. The number of thiophene rings is 1. The average molecular weight is 400 g/mol. The number of halogens is 2. The standard InChI is InChI=1S/C20H15ClFN3OS/c1-11-3-8-14(9-16(11)22)23-19(26)17-10-15-18(24-25(2)20(15)27-17)12-4-6-13(21)7-5-12/h3-10H,1-2H3,(H,23,26). The van der Waals surface area contributed by atoms with Gasteiger partial charge in [-0.2, -0.15) is 5.10 Å². The molecular weight excluding hydrogens is 385 g/mol. The van der Waals surface area contributed by atoms with Gasteiger partial charge in [0.25, 0.3) is 5.91 Å². The zero-order valence-corrected chi connectivity index (χ0v) is 16.2. The maximum Gasteiger partial charge on any atom is 0.265 e. The molecule has 0 aliphatic carbocycles. The Bertz CT molecular complexity index is 1160. The van der Waals surface area contributed by atoms with Crippen molar-refractivity contribution in [2.24, 2.45) is 7.05 Å². The van der Waals surface area contributed by atoms with Gasteiger partial charge in [0.1, 0.15) is 16.3 Å². The summed E-state index contributed by atoms with van der Waals surface area (Å²) in [5.74, 6) is -0.625. The molecule has 0 fully saturated rings. The number of benzene rings is 2. The molecule has 0 atom stereocenters. The summed E-state index contributed by atoms with van der Waals surface area (Å²) >= 11 is 7.31. The second-order valence-electron chi connectivity index (χ2n) is 6.23. The van der Waals surface area contributed by atoms with Crippen LogP contribution in [0.2, 0.25) is 5.02 Å². The van der Waals surface area contributed by atoms with E-state index < -0.39 is 0 Å². The second-order valence-corrected chi connectivity index (χ2v) is 7.69. The van der Waals surface area contributed by atoms with Crippen LogP contribution in [-0.4, -0.2) is 15.7 Å². The molecule has 136 valence electrons. The van der Waals surface area contributed by atoms with Crippen molar-refractivity contribution in [2.75, 3.05) is 5.32 Å². The van der Waals surface area contributed by atoms with E-state index in [9.17, 15) is 9.18 Å². The topological polar surface area (TPSA) is 46.9 Å². The molecule has 0 radical (unpaired) electrons. The minimum absolute atomic E-state index is 0.276. The number of aromatic nitrogens is 2. The summed E-state index contributed by atoms with van der Waals surface area (Å²) in [6.07, 6.45) is 0. The molecule has 2 aromatic carbocycles. The number of hydrogen-bond donors (Lipinski definition) is 1. The molecule has 0 aliphatic rings. The van der Waals surface area contributed by atoms with Crippen LogP contribution in [-0.2, 0) is 7.05 Å². The summed E-state index contributed by atoms with van der Waals surface area (Å²) < 4.78 is 15.5. The summed E-state index contributed by atoms with van der Waals surface area (Å²) in [4.78, 5) is 14.0. The van der Waals surface area contributed by atoms with Gasteiger partial charge >= 0.3 is 0 Å². The fraction of sp³-hybridized carbons (Fsp3) is 0.100. The van der Waals surface area contributed by atoms with E-state index >= 15 is 0 Å². The van der Waals surface area contributed by atoms with Crippen LogP contribution in [0.1, 0.15) is 15.2 Å². The van der Waals surface area contributed by atoms with Crippen molar-refractivity contribution in [1.29, 1.82) is 0 Å². The van der Waals surface area contributed by atoms with E-state index in [4.69, 9.17) is 11.6 Å². The van der Waals surface area contributed by atoms with Crippen molar-refractivity contribution in [2.45, 2.75) is 6.92 Å². The van der Waals surface area contributed by atoms with Crippen molar-refractivity contribution in [3.63, 3.8) is 0 Å². The summed E-state index contributed by atoms with van der Waals surface area (Å²) in [5, 5.41) is 8.85. The molecule has 4 aromatic rings. The number of carbonyl (C=O) groups is 1. The third-order valence-electron chi connectivity index (χ3n) is 4.28. The van der Waals surface area contributed by atoms with Crippen LogP contribution in [0.15, 0.2) is 48.5 Å². The van der Waals surface area contributed by atoms with Crippen LogP contribution < -0.4 is 5.32 Å². The molecule has 0 saturated heterocycles. The Morgan fingerprint density at radius 1 is 1.19 bits per heavy atom. The Morgan fingerprint density at radius 2 is 1.93 bits per heavy atom. The van der Waals surface area contributed by atoms with Gasteiger partial charge in [-0.25, -0.2) is 4.39 Å². The van der Waals surface area contributed by atoms with E-state index in [-0.39, 0.29) is 11.7 Å². The fourth-order valence-electron chi connectivity index (χ4n) is 2.84. The Balaban J connectivity index is 1.68. The molecule has 27 heavy (non-hydrogen) atoms. The summed E-state index contributed by atoms with van der Waals surface area (Å²) in [6.45, 7) is 1.68. The zero-order chi connectivity index (χ0) is 19.1. The SMILES string of the molecule is Cc1ccc(NC(=O)c2cc3c(-c4ccc(Cl)cc4)nn(C)c3s2)cc1F. The molecule has 0 saturated carbocycles. The highest BCUT2D eigenvalue weighted by Crippen LogP contribution is 2.34. The molecular formula is C20H15ClFN3OS. The van der Waals surface area contributed by atoms with Crippen LogP contribution in [0.4, 0.5) is 10.1 Å². The van der Waals surface area contributed by atoms with Gasteiger partial charge in [-0.3, -0.25) is 9.48 Å². The predicted molar refractivity (Wildman–Crippen MR) is 108 cm³/mol. The highest BCUT2D eigenvalue weighted by molar-refractivity contribution is 7.20. The Morgan fingerprint density at radius 3 is 2.63 bits per heavy atom. The number of aryl methyl sites for hydroxylation is 2. The minimum atomic E-state index is -0.349. The van der Waals surface area contributed by atoms with E-state index in [1.54, 1.807) is 23.7 Å². The average Bonchev–Trinajstić information content (AvgIpc) is 3.20. The molecule has 2 aromatic heterocycles. The fourth-order valence-corrected chi connectivity index (χ4v) is 3.93. The first-order valence-electron chi connectivity index (χ1n) is 8.22. The van der Waals surface area contributed by atoms with Crippen molar-refractivity contribution >= 4 is 44.7 Å². The zero-order valence-electron chi connectivity index (χ0n) is 14.6. The number of fused-ring (bicyclic) bond motifs is 1. The lowest BCUT2D eigenvalue weighted by molar-refractivity contribution is 0.103. The number of amides is 1. The molecule has 0 aliphatic heterocycles. The Labute approximate surface area is 164 Å². The van der Waals surface area contributed by atoms with Crippen molar-refractivity contribution in [1.82, 2.24) is 9.78 Å². The first kappa shape index (κ1) is 17.7. The van der Waals surface area contributed by atoms with Gasteiger partial charge in [-0.1, -0.05) is 29.8 Å². The first-order valence-corrected chi connectivity index (χ1v) is 9.42. The largest absolute Gasteiger partial charge is 0.321 e. The molecule has 0 bridgehead atoms. The second kappa shape index (κ2) is 6.79. The number of hydrogen-bond acceptors (Lipinski definition) is 3.